The highest BCUT2D eigenvalue weighted by atomic mass is 32.1. The zero-order chi connectivity index (χ0) is 20.2. The molecule has 0 aliphatic heterocycles. The highest BCUT2D eigenvalue weighted by molar-refractivity contribution is 7.13. The lowest BCUT2D eigenvalue weighted by atomic mass is 10.1. The van der Waals surface area contributed by atoms with Crippen molar-refractivity contribution in [2.45, 2.75) is 26.9 Å². The Bertz CT molecular complexity index is 1100. The quantitative estimate of drug-likeness (QED) is 0.441. The number of hydrogen-bond acceptors (Lipinski definition) is 5. The lowest BCUT2D eigenvalue weighted by Gasteiger charge is -2.23. The summed E-state index contributed by atoms with van der Waals surface area (Å²) in [7, 11) is 0. The van der Waals surface area contributed by atoms with Gasteiger partial charge in [-0.25, -0.2) is 4.98 Å². The topological polar surface area (TPSA) is 59.2 Å². The van der Waals surface area contributed by atoms with Crippen LogP contribution in [0.1, 0.15) is 32.9 Å². The highest BCUT2D eigenvalue weighted by Crippen LogP contribution is 2.27. The smallest absolute Gasteiger partial charge is 0.276 e. The summed E-state index contributed by atoms with van der Waals surface area (Å²) < 4.78 is 5.79. The number of hydrogen-bond donors (Lipinski definition) is 0. The van der Waals surface area contributed by atoms with Gasteiger partial charge in [-0.3, -0.25) is 9.78 Å². The lowest BCUT2D eigenvalue weighted by Crippen LogP contribution is -2.31. The van der Waals surface area contributed by atoms with Gasteiger partial charge in [0.2, 0.25) is 5.89 Å². The Balaban J connectivity index is 1.66. The molecule has 0 aliphatic rings. The number of nitrogens with zero attached hydrogens (tertiary/aromatic N) is 3. The minimum atomic E-state index is -0.152. The fourth-order valence-corrected chi connectivity index (χ4v) is 3.80. The summed E-state index contributed by atoms with van der Waals surface area (Å²) in [5.41, 5.74) is 3.57. The normalized spacial score (nSPS) is 10.8. The van der Waals surface area contributed by atoms with Crippen molar-refractivity contribution in [2.24, 2.45) is 0 Å². The molecule has 3 aromatic heterocycles. The van der Waals surface area contributed by atoms with E-state index in [2.05, 4.69) is 23.0 Å². The standard InChI is InChI=1S/C23H21N3O2S/c1-16-7-3-4-9-19(16)15-26(14-18-8-5-11-24-13-18)23(27)21-17(2)28-22(25-21)20-10-6-12-29-20/h3-13H,14-15H2,1-2H3. The van der Waals surface area contributed by atoms with Gasteiger partial charge in [-0.1, -0.05) is 36.4 Å². The molecule has 0 radical (unpaired) electrons. The van der Waals surface area contributed by atoms with Gasteiger partial charge in [-0.2, -0.15) is 0 Å². The third kappa shape index (κ3) is 4.27. The first kappa shape index (κ1) is 19.1. The first-order valence-electron chi connectivity index (χ1n) is 9.36. The Kier molecular flexibility index (Phi) is 5.53. The zero-order valence-electron chi connectivity index (χ0n) is 16.3. The summed E-state index contributed by atoms with van der Waals surface area (Å²) in [5, 5.41) is 1.96. The average molecular weight is 404 g/mol. The van der Waals surface area contributed by atoms with Gasteiger partial charge < -0.3 is 9.32 Å². The van der Waals surface area contributed by atoms with Crippen LogP contribution in [0.15, 0.2) is 70.7 Å². The predicted molar refractivity (Wildman–Crippen MR) is 114 cm³/mol. The van der Waals surface area contributed by atoms with Crippen LogP contribution < -0.4 is 0 Å². The maximum Gasteiger partial charge on any atom is 0.276 e. The maximum absolute atomic E-state index is 13.5. The van der Waals surface area contributed by atoms with Crippen LogP contribution in [0.2, 0.25) is 0 Å². The van der Waals surface area contributed by atoms with Gasteiger partial charge in [-0.05, 0) is 48.1 Å². The number of aryl methyl sites for hydroxylation is 2. The number of oxazole rings is 1. The molecule has 4 rings (SSSR count). The molecule has 0 saturated heterocycles. The number of pyridine rings is 1. The van der Waals surface area contributed by atoms with E-state index in [4.69, 9.17) is 4.42 Å². The maximum atomic E-state index is 13.5. The molecule has 1 amide bonds. The van der Waals surface area contributed by atoms with Crippen LogP contribution in [0.25, 0.3) is 10.8 Å². The molecule has 0 unspecified atom stereocenters. The van der Waals surface area contributed by atoms with Crippen LogP contribution in [0, 0.1) is 13.8 Å². The Hall–Kier alpha value is -3.25. The van der Waals surface area contributed by atoms with E-state index in [1.165, 1.54) is 11.3 Å². The van der Waals surface area contributed by atoms with E-state index in [-0.39, 0.29) is 5.91 Å². The Morgan fingerprint density at radius 2 is 1.93 bits per heavy atom. The molecule has 4 aromatic rings. The van der Waals surface area contributed by atoms with Crippen molar-refractivity contribution in [1.29, 1.82) is 0 Å². The molecule has 5 nitrogen and oxygen atoms in total. The first-order chi connectivity index (χ1) is 14.1. The summed E-state index contributed by atoms with van der Waals surface area (Å²) in [6.45, 7) is 4.77. The molecule has 1 aromatic carbocycles. The molecule has 29 heavy (non-hydrogen) atoms. The van der Waals surface area contributed by atoms with Crippen LogP contribution in [-0.4, -0.2) is 20.8 Å². The van der Waals surface area contributed by atoms with Gasteiger partial charge in [0.25, 0.3) is 5.91 Å². The van der Waals surface area contributed by atoms with E-state index >= 15 is 0 Å². The lowest BCUT2D eigenvalue weighted by molar-refractivity contribution is 0.0722. The molecule has 0 fully saturated rings. The molecule has 0 saturated carbocycles. The van der Waals surface area contributed by atoms with E-state index < -0.39 is 0 Å². The molecule has 0 spiro atoms. The van der Waals surface area contributed by atoms with E-state index in [0.717, 1.165) is 21.6 Å². The average Bonchev–Trinajstić information content (AvgIpc) is 3.39. The fraction of sp³-hybridized carbons (Fsp3) is 0.174. The number of thiophene rings is 1. The predicted octanol–water partition coefficient (Wildman–Crippen LogP) is 5.26. The van der Waals surface area contributed by atoms with Crippen molar-refractivity contribution < 1.29 is 9.21 Å². The van der Waals surface area contributed by atoms with Crippen LogP contribution in [-0.2, 0) is 13.1 Å². The fourth-order valence-electron chi connectivity index (χ4n) is 3.15. The minimum Gasteiger partial charge on any atom is -0.440 e. The number of benzene rings is 1. The van der Waals surface area contributed by atoms with Gasteiger partial charge >= 0.3 is 0 Å². The second-order valence-electron chi connectivity index (χ2n) is 6.85. The summed E-state index contributed by atoms with van der Waals surface area (Å²) in [6, 6.07) is 15.8. The Labute approximate surface area is 173 Å². The summed E-state index contributed by atoms with van der Waals surface area (Å²) >= 11 is 1.54. The monoisotopic (exact) mass is 403 g/mol. The molecule has 0 bridgehead atoms. The molecule has 0 aliphatic carbocycles. The Morgan fingerprint density at radius 1 is 1.07 bits per heavy atom. The molecule has 146 valence electrons. The second-order valence-corrected chi connectivity index (χ2v) is 7.80. The zero-order valence-corrected chi connectivity index (χ0v) is 17.1. The molecule has 3 heterocycles. The van der Waals surface area contributed by atoms with Crippen molar-refractivity contribution >= 4 is 17.2 Å². The van der Waals surface area contributed by atoms with Gasteiger partial charge in [0.15, 0.2) is 5.69 Å². The van der Waals surface area contributed by atoms with Crippen molar-refractivity contribution in [3.05, 3.63) is 94.4 Å². The van der Waals surface area contributed by atoms with Crippen molar-refractivity contribution in [1.82, 2.24) is 14.9 Å². The number of carbonyl (C=O) groups is 1. The van der Waals surface area contributed by atoms with Gasteiger partial charge in [0.05, 0.1) is 4.88 Å². The van der Waals surface area contributed by atoms with E-state index in [0.29, 0.717) is 30.4 Å². The molecule has 0 atom stereocenters. The third-order valence-corrected chi connectivity index (χ3v) is 5.59. The van der Waals surface area contributed by atoms with E-state index in [1.54, 1.807) is 24.2 Å². The van der Waals surface area contributed by atoms with Gasteiger partial charge in [0.1, 0.15) is 5.76 Å². The van der Waals surface area contributed by atoms with Crippen molar-refractivity contribution in [3.8, 4) is 10.8 Å². The largest absolute Gasteiger partial charge is 0.440 e. The molecule has 6 heteroatoms. The number of amides is 1. The number of carbonyl (C=O) groups excluding carboxylic acids is 1. The third-order valence-electron chi connectivity index (χ3n) is 4.74. The molecular weight excluding hydrogens is 382 g/mol. The van der Waals surface area contributed by atoms with Crippen molar-refractivity contribution in [3.63, 3.8) is 0 Å². The molecular formula is C23H21N3O2S. The van der Waals surface area contributed by atoms with Crippen molar-refractivity contribution in [2.75, 3.05) is 0 Å². The van der Waals surface area contributed by atoms with Gasteiger partial charge in [-0.15, -0.1) is 11.3 Å². The summed E-state index contributed by atoms with van der Waals surface area (Å²) in [6.07, 6.45) is 3.51. The summed E-state index contributed by atoms with van der Waals surface area (Å²) in [5.74, 6) is 0.860. The number of rotatable bonds is 6. The van der Waals surface area contributed by atoms with E-state index in [9.17, 15) is 4.79 Å². The minimum absolute atomic E-state index is 0.152. The van der Waals surface area contributed by atoms with Crippen LogP contribution in [0.5, 0.6) is 0 Å². The van der Waals surface area contributed by atoms with E-state index in [1.807, 2.05) is 47.8 Å². The first-order valence-corrected chi connectivity index (χ1v) is 10.2. The molecule has 0 N–H and O–H groups in total. The second kappa shape index (κ2) is 8.41. The highest BCUT2D eigenvalue weighted by Gasteiger charge is 2.24. The van der Waals surface area contributed by atoms with Gasteiger partial charge in [0, 0.05) is 25.5 Å². The number of aromatic nitrogens is 2. The van der Waals surface area contributed by atoms with Crippen LogP contribution in [0.3, 0.4) is 0 Å². The van der Waals surface area contributed by atoms with Crippen LogP contribution >= 0.6 is 11.3 Å². The Morgan fingerprint density at radius 3 is 2.66 bits per heavy atom. The van der Waals surface area contributed by atoms with Crippen LogP contribution in [0.4, 0.5) is 0 Å². The SMILES string of the molecule is Cc1ccccc1CN(Cc1cccnc1)C(=O)c1nc(-c2cccs2)oc1C. The summed E-state index contributed by atoms with van der Waals surface area (Å²) in [4.78, 5) is 24.9.